The summed E-state index contributed by atoms with van der Waals surface area (Å²) < 4.78 is 5.26. The van der Waals surface area contributed by atoms with Crippen LogP contribution >= 0.6 is 0 Å². The molecule has 1 aromatic carbocycles. The summed E-state index contributed by atoms with van der Waals surface area (Å²) in [5.41, 5.74) is 5.22. The molecular weight excluding hydrogens is 250 g/mol. The van der Waals surface area contributed by atoms with Crippen molar-refractivity contribution in [3.05, 3.63) is 53.2 Å². The maximum atomic E-state index is 5.26. The second-order valence-electron chi connectivity index (χ2n) is 5.17. The summed E-state index contributed by atoms with van der Waals surface area (Å²) >= 11 is 0. The number of anilines is 1. The highest BCUT2D eigenvalue weighted by atomic mass is 16.5. The molecule has 0 spiro atoms. The molecule has 2 aromatic heterocycles. The van der Waals surface area contributed by atoms with Crippen molar-refractivity contribution < 1.29 is 4.52 Å². The van der Waals surface area contributed by atoms with Crippen LogP contribution in [0.3, 0.4) is 0 Å². The van der Waals surface area contributed by atoms with Crippen LogP contribution in [0, 0.1) is 13.8 Å². The summed E-state index contributed by atoms with van der Waals surface area (Å²) in [6.07, 6.45) is 1.74. The molecule has 1 N–H and O–H groups in total. The van der Waals surface area contributed by atoms with E-state index in [-0.39, 0.29) is 6.04 Å². The largest absolute Gasteiger partial charge is 0.359 e. The summed E-state index contributed by atoms with van der Waals surface area (Å²) in [7, 11) is 0. The standard InChI is InChI=1S/C16H17N3O/c1-10-7-11(2)9-13(8-10)12(3)18-16-15-14(20-19-16)5-4-6-17-15/h4-9,12H,1-3H3,(H,18,19). The zero-order chi connectivity index (χ0) is 14.1. The van der Waals surface area contributed by atoms with Gasteiger partial charge in [0, 0.05) is 6.20 Å². The van der Waals surface area contributed by atoms with Crippen LogP contribution in [0.25, 0.3) is 11.1 Å². The minimum absolute atomic E-state index is 0.143. The number of rotatable bonds is 3. The lowest BCUT2D eigenvalue weighted by Gasteiger charge is -2.14. The van der Waals surface area contributed by atoms with Gasteiger partial charge >= 0.3 is 0 Å². The van der Waals surface area contributed by atoms with E-state index < -0.39 is 0 Å². The predicted molar refractivity (Wildman–Crippen MR) is 79.8 cm³/mol. The fourth-order valence-electron chi connectivity index (χ4n) is 2.42. The van der Waals surface area contributed by atoms with E-state index in [9.17, 15) is 0 Å². The van der Waals surface area contributed by atoms with Gasteiger partial charge in [-0.3, -0.25) is 0 Å². The Hall–Kier alpha value is -2.36. The molecular formula is C16H17N3O. The molecule has 3 aromatic rings. The maximum Gasteiger partial charge on any atom is 0.196 e. The Kier molecular flexibility index (Phi) is 3.14. The van der Waals surface area contributed by atoms with Gasteiger partial charge in [0.25, 0.3) is 0 Å². The average Bonchev–Trinajstić information content (AvgIpc) is 2.81. The normalized spacial score (nSPS) is 12.6. The Morgan fingerprint density at radius 2 is 1.90 bits per heavy atom. The van der Waals surface area contributed by atoms with E-state index in [1.165, 1.54) is 16.7 Å². The molecule has 20 heavy (non-hydrogen) atoms. The first-order chi connectivity index (χ1) is 9.63. The molecule has 2 heterocycles. The lowest BCUT2D eigenvalue weighted by molar-refractivity contribution is 0.458. The van der Waals surface area contributed by atoms with Crippen molar-refractivity contribution in [1.82, 2.24) is 10.1 Å². The van der Waals surface area contributed by atoms with Gasteiger partial charge in [-0.25, -0.2) is 4.98 Å². The van der Waals surface area contributed by atoms with Crippen molar-refractivity contribution in [3.8, 4) is 0 Å². The number of nitrogens with zero attached hydrogens (tertiary/aromatic N) is 2. The number of aryl methyl sites for hydroxylation is 2. The van der Waals surface area contributed by atoms with Gasteiger partial charge in [-0.05, 0) is 38.5 Å². The summed E-state index contributed by atoms with van der Waals surface area (Å²) in [5, 5.41) is 7.43. The summed E-state index contributed by atoms with van der Waals surface area (Å²) in [6, 6.07) is 10.4. The van der Waals surface area contributed by atoms with Gasteiger partial charge in [-0.2, -0.15) is 0 Å². The van der Waals surface area contributed by atoms with E-state index in [0.717, 1.165) is 5.52 Å². The third-order valence-electron chi connectivity index (χ3n) is 3.33. The highest BCUT2D eigenvalue weighted by Crippen LogP contribution is 2.25. The molecule has 0 aliphatic heterocycles. The molecule has 1 unspecified atom stereocenters. The summed E-state index contributed by atoms with van der Waals surface area (Å²) in [6.45, 7) is 6.32. The van der Waals surface area contributed by atoms with Gasteiger partial charge in [0.2, 0.25) is 0 Å². The number of fused-ring (bicyclic) bond motifs is 1. The zero-order valence-corrected chi connectivity index (χ0v) is 11.8. The average molecular weight is 267 g/mol. The van der Waals surface area contributed by atoms with Crippen molar-refractivity contribution in [2.24, 2.45) is 0 Å². The minimum atomic E-state index is 0.143. The predicted octanol–water partition coefficient (Wildman–Crippen LogP) is 4.01. The van der Waals surface area contributed by atoms with Crippen LogP contribution in [0.1, 0.15) is 29.7 Å². The van der Waals surface area contributed by atoms with E-state index in [0.29, 0.717) is 11.4 Å². The molecule has 0 aliphatic rings. The van der Waals surface area contributed by atoms with E-state index in [1.54, 1.807) is 6.20 Å². The lowest BCUT2D eigenvalue weighted by atomic mass is 10.0. The molecule has 3 rings (SSSR count). The third kappa shape index (κ3) is 2.37. The molecule has 0 radical (unpaired) electrons. The van der Waals surface area contributed by atoms with E-state index in [1.807, 2.05) is 12.1 Å². The molecule has 4 nitrogen and oxygen atoms in total. The van der Waals surface area contributed by atoms with Crippen molar-refractivity contribution in [1.29, 1.82) is 0 Å². The SMILES string of the molecule is Cc1cc(C)cc(C(C)Nc2noc3cccnc23)c1. The number of hydrogen-bond acceptors (Lipinski definition) is 4. The van der Waals surface area contributed by atoms with Gasteiger partial charge in [0.15, 0.2) is 16.9 Å². The van der Waals surface area contributed by atoms with Gasteiger partial charge in [0.05, 0.1) is 6.04 Å². The molecule has 0 fully saturated rings. The van der Waals surface area contributed by atoms with Crippen LogP contribution in [0.2, 0.25) is 0 Å². The monoisotopic (exact) mass is 267 g/mol. The van der Waals surface area contributed by atoms with Crippen LogP contribution in [0.15, 0.2) is 41.1 Å². The van der Waals surface area contributed by atoms with Crippen LogP contribution in [0.5, 0.6) is 0 Å². The van der Waals surface area contributed by atoms with Crippen LogP contribution < -0.4 is 5.32 Å². The first-order valence-corrected chi connectivity index (χ1v) is 6.68. The van der Waals surface area contributed by atoms with E-state index in [4.69, 9.17) is 4.52 Å². The van der Waals surface area contributed by atoms with Gasteiger partial charge < -0.3 is 9.84 Å². The van der Waals surface area contributed by atoms with E-state index in [2.05, 4.69) is 54.4 Å². The van der Waals surface area contributed by atoms with Crippen molar-refractivity contribution in [2.75, 3.05) is 5.32 Å². The van der Waals surface area contributed by atoms with Crippen LogP contribution in [0.4, 0.5) is 5.82 Å². The molecule has 0 amide bonds. The Balaban J connectivity index is 1.90. The Morgan fingerprint density at radius 1 is 1.15 bits per heavy atom. The van der Waals surface area contributed by atoms with Crippen molar-refractivity contribution in [2.45, 2.75) is 26.8 Å². The molecule has 0 aliphatic carbocycles. The third-order valence-corrected chi connectivity index (χ3v) is 3.33. The van der Waals surface area contributed by atoms with Gasteiger partial charge in [-0.1, -0.05) is 34.5 Å². The van der Waals surface area contributed by atoms with Crippen LogP contribution in [-0.4, -0.2) is 10.1 Å². The quantitative estimate of drug-likeness (QED) is 0.779. The number of benzene rings is 1. The smallest absolute Gasteiger partial charge is 0.196 e. The zero-order valence-electron chi connectivity index (χ0n) is 11.8. The fourth-order valence-corrected chi connectivity index (χ4v) is 2.42. The minimum Gasteiger partial charge on any atom is -0.359 e. The summed E-state index contributed by atoms with van der Waals surface area (Å²) in [4.78, 5) is 4.30. The van der Waals surface area contributed by atoms with Gasteiger partial charge in [0.1, 0.15) is 0 Å². The molecule has 0 saturated carbocycles. The maximum absolute atomic E-state index is 5.26. The summed E-state index contributed by atoms with van der Waals surface area (Å²) in [5.74, 6) is 0.687. The Bertz CT molecular complexity index is 728. The first kappa shape index (κ1) is 12.7. The number of hydrogen-bond donors (Lipinski definition) is 1. The highest BCUT2D eigenvalue weighted by Gasteiger charge is 2.13. The van der Waals surface area contributed by atoms with E-state index >= 15 is 0 Å². The first-order valence-electron chi connectivity index (χ1n) is 6.68. The topological polar surface area (TPSA) is 51.0 Å². The molecule has 1 atom stereocenters. The van der Waals surface area contributed by atoms with Crippen molar-refractivity contribution >= 4 is 16.9 Å². The van der Waals surface area contributed by atoms with Crippen molar-refractivity contribution in [3.63, 3.8) is 0 Å². The molecule has 4 heteroatoms. The Labute approximate surface area is 117 Å². The van der Waals surface area contributed by atoms with Gasteiger partial charge in [-0.15, -0.1) is 0 Å². The number of nitrogens with one attached hydrogen (secondary N) is 1. The molecule has 0 bridgehead atoms. The number of pyridine rings is 1. The Morgan fingerprint density at radius 3 is 2.65 bits per heavy atom. The van der Waals surface area contributed by atoms with Crippen LogP contribution in [-0.2, 0) is 0 Å². The number of aromatic nitrogens is 2. The molecule has 0 saturated heterocycles. The lowest BCUT2D eigenvalue weighted by Crippen LogP contribution is -2.07. The molecule has 102 valence electrons. The highest BCUT2D eigenvalue weighted by molar-refractivity contribution is 5.83. The second kappa shape index (κ2) is 4.96. The second-order valence-corrected chi connectivity index (χ2v) is 5.17. The fraction of sp³-hybridized carbons (Fsp3) is 0.250.